The van der Waals surface area contributed by atoms with Crippen LogP contribution < -0.4 is 5.32 Å². The molecular weight excluding hydrogens is 269 g/mol. The zero-order valence-electron chi connectivity index (χ0n) is 12.0. The van der Waals surface area contributed by atoms with Gasteiger partial charge in [0.15, 0.2) is 0 Å². The van der Waals surface area contributed by atoms with E-state index in [1.807, 2.05) is 29.1 Å². The number of methoxy groups -OCH3 is 1. The zero-order valence-corrected chi connectivity index (χ0v) is 12.0. The molecule has 2 aromatic rings. The summed E-state index contributed by atoms with van der Waals surface area (Å²) in [5, 5.41) is 12.1. The molecule has 0 bridgehead atoms. The molecule has 1 aromatic carbocycles. The van der Waals surface area contributed by atoms with Crippen molar-refractivity contribution in [1.82, 2.24) is 9.88 Å². The highest BCUT2D eigenvalue weighted by Crippen LogP contribution is 2.13. The lowest BCUT2D eigenvalue weighted by Crippen LogP contribution is -2.18. The molecule has 0 aliphatic carbocycles. The molecule has 2 rings (SSSR count). The van der Waals surface area contributed by atoms with E-state index in [4.69, 9.17) is 10.00 Å². The van der Waals surface area contributed by atoms with Gasteiger partial charge in [0.25, 0.3) is 0 Å². The van der Waals surface area contributed by atoms with E-state index in [2.05, 4.69) is 5.32 Å². The van der Waals surface area contributed by atoms with Crippen LogP contribution >= 0.6 is 0 Å². The van der Waals surface area contributed by atoms with Crippen molar-refractivity contribution >= 4 is 0 Å². The van der Waals surface area contributed by atoms with E-state index in [0.29, 0.717) is 24.3 Å². The Kier molecular flexibility index (Phi) is 5.50. The number of rotatable bonds is 7. The third-order valence-electron chi connectivity index (χ3n) is 3.15. The standard InChI is InChI=1S/C16H18FN3O/c1-21-7-5-19-10-14-4-6-20(11-14)12-15-8-13(9-18)2-3-16(15)17/h2-4,6,8,11,19H,5,7,10,12H2,1H3. The van der Waals surface area contributed by atoms with Gasteiger partial charge in [0.1, 0.15) is 5.82 Å². The number of hydrogen-bond donors (Lipinski definition) is 1. The van der Waals surface area contributed by atoms with Crippen molar-refractivity contribution in [2.45, 2.75) is 13.1 Å². The molecule has 21 heavy (non-hydrogen) atoms. The largest absolute Gasteiger partial charge is 0.383 e. The molecule has 110 valence electrons. The van der Waals surface area contributed by atoms with E-state index in [1.54, 1.807) is 13.2 Å². The summed E-state index contributed by atoms with van der Waals surface area (Å²) in [6.45, 7) is 2.63. The van der Waals surface area contributed by atoms with Crippen LogP contribution in [0.2, 0.25) is 0 Å². The zero-order chi connectivity index (χ0) is 15.1. The molecule has 0 aliphatic heterocycles. The smallest absolute Gasteiger partial charge is 0.128 e. The highest BCUT2D eigenvalue weighted by atomic mass is 19.1. The van der Waals surface area contributed by atoms with Crippen molar-refractivity contribution in [3.05, 3.63) is 59.2 Å². The number of nitrogens with one attached hydrogen (secondary N) is 1. The Hall–Kier alpha value is -2.16. The molecule has 0 saturated carbocycles. The summed E-state index contributed by atoms with van der Waals surface area (Å²) >= 11 is 0. The quantitative estimate of drug-likeness (QED) is 0.795. The molecule has 0 spiro atoms. The average Bonchev–Trinajstić information content (AvgIpc) is 2.93. The van der Waals surface area contributed by atoms with Crippen LogP contribution in [0.15, 0.2) is 36.7 Å². The van der Waals surface area contributed by atoms with E-state index >= 15 is 0 Å². The highest BCUT2D eigenvalue weighted by molar-refractivity contribution is 5.34. The van der Waals surface area contributed by atoms with Crippen molar-refractivity contribution in [2.75, 3.05) is 20.3 Å². The number of aromatic nitrogens is 1. The van der Waals surface area contributed by atoms with Crippen LogP contribution in [0, 0.1) is 17.1 Å². The Labute approximate surface area is 123 Å². The normalized spacial score (nSPS) is 10.5. The lowest BCUT2D eigenvalue weighted by atomic mass is 10.1. The first kappa shape index (κ1) is 15.2. The van der Waals surface area contributed by atoms with Crippen LogP contribution in [-0.2, 0) is 17.8 Å². The second kappa shape index (κ2) is 7.58. The minimum atomic E-state index is -0.289. The van der Waals surface area contributed by atoms with E-state index in [9.17, 15) is 4.39 Å². The average molecular weight is 287 g/mol. The van der Waals surface area contributed by atoms with E-state index in [1.165, 1.54) is 12.1 Å². The van der Waals surface area contributed by atoms with Gasteiger partial charge < -0.3 is 14.6 Å². The molecule has 0 unspecified atom stereocenters. The Morgan fingerprint density at radius 3 is 3.00 bits per heavy atom. The fraction of sp³-hybridized carbons (Fsp3) is 0.312. The maximum atomic E-state index is 13.7. The predicted octanol–water partition coefficient (Wildman–Crippen LogP) is 2.28. The van der Waals surface area contributed by atoms with E-state index in [0.717, 1.165) is 18.7 Å². The van der Waals surface area contributed by atoms with Crippen LogP contribution in [0.3, 0.4) is 0 Å². The van der Waals surface area contributed by atoms with Crippen molar-refractivity contribution < 1.29 is 9.13 Å². The summed E-state index contributed by atoms with van der Waals surface area (Å²) in [5.41, 5.74) is 2.12. The Morgan fingerprint density at radius 2 is 2.24 bits per heavy atom. The Balaban J connectivity index is 1.98. The molecule has 0 amide bonds. The van der Waals surface area contributed by atoms with Gasteiger partial charge in [-0.25, -0.2) is 4.39 Å². The van der Waals surface area contributed by atoms with Crippen LogP contribution in [0.5, 0.6) is 0 Å². The summed E-state index contributed by atoms with van der Waals surface area (Å²) in [6.07, 6.45) is 3.88. The molecule has 1 heterocycles. The molecule has 1 aromatic heterocycles. The van der Waals surface area contributed by atoms with Crippen molar-refractivity contribution in [2.24, 2.45) is 0 Å². The number of ether oxygens (including phenoxy) is 1. The third kappa shape index (κ3) is 4.42. The summed E-state index contributed by atoms with van der Waals surface area (Å²) in [4.78, 5) is 0. The highest BCUT2D eigenvalue weighted by Gasteiger charge is 2.05. The van der Waals surface area contributed by atoms with Gasteiger partial charge in [0, 0.05) is 44.7 Å². The van der Waals surface area contributed by atoms with Crippen LogP contribution in [0.4, 0.5) is 4.39 Å². The van der Waals surface area contributed by atoms with Gasteiger partial charge in [-0.1, -0.05) is 0 Å². The lowest BCUT2D eigenvalue weighted by molar-refractivity contribution is 0.199. The van der Waals surface area contributed by atoms with Gasteiger partial charge in [0.05, 0.1) is 18.2 Å². The van der Waals surface area contributed by atoms with Gasteiger partial charge >= 0.3 is 0 Å². The number of benzene rings is 1. The fourth-order valence-electron chi connectivity index (χ4n) is 2.06. The lowest BCUT2D eigenvalue weighted by Gasteiger charge is -2.05. The SMILES string of the molecule is COCCNCc1ccn(Cc2cc(C#N)ccc2F)c1. The summed E-state index contributed by atoms with van der Waals surface area (Å²) in [7, 11) is 1.67. The molecule has 5 heteroatoms. The number of nitrogens with zero attached hydrogens (tertiary/aromatic N) is 2. The summed E-state index contributed by atoms with van der Waals surface area (Å²) in [5.74, 6) is -0.289. The molecular formula is C16H18FN3O. The Bertz CT molecular complexity index is 631. The monoisotopic (exact) mass is 287 g/mol. The van der Waals surface area contributed by atoms with Gasteiger partial charge in [-0.2, -0.15) is 5.26 Å². The number of nitriles is 1. The topological polar surface area (TPSA) is 50.0 Å². The predicted molar refractivity (Wildman–Crippen MR) is 78.2 cm³/mol. The van der Waals surface area contributed by atoms with Crippen molar-refractivity contribution in [1.29, 1.82) is 5.26 Å². The summed E-state index contributed by atoms with van der Waals surface area (Å²) < 4.78 is 20.6. The number of hydrogen-bond acceptors (Lipinski definition) is 3. The number of halogens is 1. The second-order valence-corrected chi connectivity index (χ2v) is 4.78. The van der Waals surface area contributed by atoms with Gasteiger partial charge in [-0.05, 0) is 29.8 Å². The first-order valence-electron chi connectivity index (χ1n) is 6.76. The van der Waals surface area contributed by atoms with Crippen molar-refractivity contribution in [3.63, 3.8) is 0 Å². The Morgan fingerprint density at radius 1 is 1.38 bits per heavy atom. The van der Waals surface area contributed by atoms with Gasteiger partial charge in [-0.3, -0.25) is 0 Å². The first-order valence-corrected chi connectivity index (χ1v) is 6.76. The summed E-state index contributed by atoms with van der Waals surface area (Å²) in [6, 6.07) is 8.43. The third-order valence-corrected chi connectivity index (χ3v) is 3.15. The molecule has 1 N–H and O–H groups in total. The molecule has 0 fully saturated rings. The van der Waals surface area contributed by atoms with Crippen molar-refractivity contribution in [3.8, 4) is 6.07 Å². The minimum Gasteiger partial charge on any atom is -0.383 e. The minimum absolute atomic E-state index is 0.289. The molecule has 0 atom stereocenters. The van der Waals surface area contributed by atoms with E-state index < -0.39 is 0 Å². The van der Waals surface area contributed by atoms with Gasteiger partial charge in [0.2, 0.25) is 0 Å². The van der Waals surface area contributed by atoms with Gasteiger partial charge in [-0.15, -0.1) is 0 Å². The molecule has 0 saturated heterocycles. The fourth-order valence-corrected chi connectivity index (χ4v) is 2.06. The second-order valence-electron chi connectivity index (χ2n) is 4.78. The molecule has 4 nitrogen and oxygen atoms in total. The van der Waals surface area contributed by atoms with Crippen LogP contribution in [0.1, 0.15) is 16.7 Å². The molecule has 0 aliphatic rings. The van der Waals surface area contributed by atoms with Crippen LogP contribution in [-0.4, -0.2) is 24.8 Å². The maximum Gasteiger partial charge on any atom is 0.128 e. The van der Waals surface area contributed by atoms with E-state index in [-0.39, 0.29) is 5.82 Å². The molecule has 0 radical (unpaired) electrons. The first-order chi connectivity index (χ1) is 10.2. The maximum absolute atomic E-state index is 13.7. The van der Waals surface area contributed by atoms with Crippen LogP contribution in [0.25, 0.3) is 0 Å².